The van der Waals surface area contributed by atoms with Gasteiger partial charge in [-0.15, -0.1) is 10.2 Å². The maximum atomic E-state index is 13.3. The molecule has 0 unspecified atom stereocenters. The zero-order chi connectivity index (χ0) is 22.3. The lowest BCUT2D eigenvalue weighted by molar-refractivity contribution is -0.140. The van der Waals surface area contributed by atoms with Crippen LogP contribution in [0, 0.1) is 5.92 Å². The summed E-state index contributed by atoms with van der Waals surface area (Å²) >= 11 is 0. The molecule has 0 bridgehead atoms. The first-order valence-corrected chi connectivity index (χ1v) is 12.4. The molecule has 1 spiro atoms. The smallest absolute Gasteiger partial charge is 0.325 e. The van der Waals surface area contributed by atoms with E-state index in [-0.39, 0.29) is 24.4 Å². The van der Waals surface area contributed by atoms with Crippen molar-refractivity contribution in [3.8, 4) is 0 Å². The molecule has 1 aromatic rings. The van der Waals surface area contributed by atoms with Crippen molar-refractivity contribution in [2.75, 3.05) is 13.1 Å². The van der Waals surface area contributed by atoms with Gasteiger partial charge in [-0.2, -0.15) is 0 Å². The summed E-state index contributed by atoms with van der Waals surface area (Å²) in [7, 11) is 0. The highest BCUT2D eigenvalue weighted by Crippen LogP contribution is 2.38. The van der Waals surface area contributed by atoms with Crippen molar-refractivity contribution < 1.29 is 14.4 Å². The fourth-order valence-electron chi connectivity index (χ4n) is 6.05. The van der Waals surface area contributed by atoms with E-state index in [2.05, 4.69) is 27.0 Å². The highest BCUT2D eigenvalue weighted by Gasteiger charge is 2.53. The standard InChI is InChI=1S/C23H34N6O3/c1-2-16-9-11-23(12-10-16)21(31)29(22(32)24-23)15-19(30)27-14-6-7-17(27)20-26-25-18-8-4-3-5-13-28(18)20/h16-17H,2-15H2,1H3,(H,24,32)/t16?,17-,23?/m1/s1. The number of aryl methyl sites for hydroxylation is 1. The average molecular weight is 443 g/mol. The Morgan fingerprint density at radius 2 is 1.88 bits per heavy atom. The number of carbonyl (C=O) groups is 3. The van der Waals surface area contributed by atoms with Crippen LogP contribution in [0.4, 0.5) is 4.79 Å². The van der Waals surface area contributed by atoms with E-state index in [0.29, 0.717) is 25.3 Å². The maximum Gasteiger partial charge on any atom is 0.325 e. The average Bonchev–Trinajstić information content (AvgIpc) is 3.43. The minimum Gasteiger partial charge on any atom is -0.331 e. The van der Waals surface area contributed by atoms with E-state index >= 15 is 0 Å². The van der Waals surface area contributed by atoms with E-state index < -0.39 is 11.6 Å². The number of rotatable bonds is 4. The van der Waals surface area contributed by atoms with Crippen LogP contribution >= 0.6 is 0 Å². The van der Waals surface area contributed by atoms with Gasteiger partial charge in [0.15, 0.2) is 5.82 Å². The molecule has 1 aromatic heterocycles. The summed E-state index contributed by atoms with van der Waals surface area (Å²) in [6, 6.07) is -0.554. The molecule has 4 heterocycles. The largest absolute Gasteiger partial charge is 0.331 e. The second kappa shape index (κ2) is 8.48. The van der Waals surface area contributed by atoms with Gasteiger partial charge in [-0.05, 0) is 57.3 Å². The van der Waals surface area contributed by atoms with E-state index in [9.17, 15) is 14.4 Å². The van der Waals surface area contributed by atoms with Crippen molar-refractivity contribution in [3.63, 3.8) is 0 Å². The molecular formula is C23H34N6O3. The number of nitrogens with zero attached hydrogens (tertiary/aromatic N) is 5. The summed E-state index contributed by atoms with van der Waals surface area (Å²) in [5.74, 6) is 2.08. The summed E-state index contributed by atoms with van der Waals surface area (Å²) in [6.45, 7) is 3.49. The Morgan fingerprint density at radius 3 is 2.66 bits per heavy atom. The second-order valence-electron chi connectivity index (χ2n) is 9.94. The number of aromatic nitrogens is 3. The van der Waals surface area contributed by atoms with Crippen molar-refractivity contribution >= 4 is 17.8 Å². The molecule has 1 atom stereocenters. The lowest BCUT2D eigenvalue weighted by atomic mass is 9.75. The number of hydrogen-bond donors (Lipinski definition) is 1. The number of hydrogen-bond acceptors (Lipinski definition) is 5. The number of carbonyl (C=O) groups excluding carboxylic acids is 3. The lowest BCUT2D eigenvalue weighted by Gasteiger charge is -2.34. The first-order valence-electron chi connectivity index (χ1n) is 12.4. The molecule has 5 rings (SSSR count). The monoisotopic (exact) mass is 442 g/mol. The zero-order valence-corrected chi connectivity index (χ0v) is 19.0. The molecule has 3 fully saturated rings. The SMILES string of the molecule is CCC1CCC2(CC1)NC(=O)N(CC(=O)N1CCC[C@@H]1c1nnc3n1CCCCC3)C2=O. The van der Waals surface area contributed by atoms with Crippen LogP contribution in [0.25, 0.3) is 0 Å². The topological polar surface area (TPSA) is 100 Å². The molecular weight excluding hydrogens is 408 g/mol. The Kier molecular flexibility index (Phi) is 5.67. The molecule has 32 heavy (non-hydrogen) atoms. The molecule has 1 aliphatic carbocycles. The lowest BCUT2D eigenvalue weighted by Crippen LogP contribution is -2.50. The predicted molar refractivity (Wildman–Crippen MR) is 116 cm³/mol. The molecule has 9 nitrogen and oxygen atoms in total. The van der Waals surface area contributed by atoms with Crippen molar-refractivity contribution in [2.45, 2.75) is 95.7 Å². The van der Waals surface area contributed by atoms with Gasteiger partial charge in [-0.25, -0.2) is 4.79 Å². The van der Waals surface area contributed by atoms with E-state index in [4.69, 9.17) is 0 Å². The van der Waals surface area contributed by atoms with Gasteiger partial charge in [0.05, 0.1) is 6.04 Å². The zero-order valence-electron chi connectivity index (χ0n) is 19.0. The number of likely N-dealkylation sites (tertiary alicyclic amines) is 1. The second-order valence-corrected chi connectivity index (χ2v) is 9.94. The number of amides is 4. The Balaban J connectivity index is 1.29. The summed E-state index contributed by atoms with van der Waals surface area (Å²) in [6.07, 6.45) is 10.4. The van der Waals surface area contributed by atoms with Crippen LogP contribution in [0.15, 0.2) is 0 Å². The van der Waals surface area contributed by atoms with Crippen LogP contribution in [0.3, 0.4) is 0 Å². The van der Waals surface area contributed by atoms with Crippen LogP contribution in [-0.4, -0.2) is 61.0 Å². The number of nitrogens with one attached hydrogen (secondary N) is 1. The molecule has 1 saturated carbocycles. The molecule has 9 heteroatoms. The van der Waals surface area contributed by atoms with E-state index in [1.54, 1.807) is 0 Å². The normalized spacial score (nSPS) is 30.5. The first-order chi connectivity index (χ1) is 15.5. The highest BCUT2D eigenvalue weighted by atomic mass is 16.2. The first kappa shape index (κ1) is 21.4. The van der Waals surface area contributed by atoms with E-state index in [1.165, 1.54) is 6.42 Å². The molecule has 4 aliphatic rings. The molecule has 2 saturated heterocycles. The molecule has 4 amide bonds. The summed E-state index contributed by atoms with van der Waals surface area (Å²) < 4.78 is 2.19. The van der Waals surface area contributed by atoms with Gasteiger partial charge >= 0.3 is 6.03 Å². The van der Waals surface area contributed by atoms with Gasteiger partial charge in [0.25, 0.3) is 5.91 Å². The Hall–Kier alpha value is -2.45. The van der Waals surface area contributed by atoms with Crippen LogP contribution in [0.2, 0.25) is 0 Å². The number of imide groups is 1. The van der Waals surface area contributed by atoms with Gasteiger partial charge in [0.2, 0.25) is 5.91 Å². The summed E-state index contributed by atoms with van der Waals surface area (Å²) in [5, 5.41) is 11.8. The van der Waals surface area contributed by atoms with Gasteiger partial charge in [-0.1, -0.05) is 19.8 Å². The molecule has 0 radical (unpaired) electrons. The van der Waals surface area contributed by atoms with Crippen molar-refractivity contribution in [2.24, 2.45) is 5.92 Å². The van der Waals surface area contributed by atoms with Gasteiger partial charge in [-0.3, -0.25) is 14.5 Å². The van der Waals surface area contributed by atoms with Crippen LogP contribution in [-0.2, 0) is 22.6 Å². The van der Waals surface area contributed by atoms with Crippen LogP contribution in [0.1, 0.15) is 88.8 Å². The number of urea groups is 1. The minimum absolute atomic E-state index is 0.128. The molecule has 1 N–H and O–H groups in total. The maximum absolute atomic E-state index is 13.3. The number of fused-ring (bicyclic) bond motifs is 1. The third kappa shape index (κ3) is 3.59. The van der Waals surface area contributed by atoms with E-state index in [1.807, 2.05) is 4.90 Å². The third-order valence-corrected chi connectivity index (χ3v) is 8.08. The van der Waals surface area contributed by atoms with Crippen LogP contribution in [0.5, 0.6) is 0 Å². The third-order valence-electron chi connectivity index (χ3n) is 8.08. The van der Waals surface area contributed by atoms with Gasteiger partial charge in [0, 0.05) is 19.5 Å². The Labute approximate surface area is 188 Å². The molecule has 0 aromatic carbocycles. The Bertz CT molecular complexity index is 904. The quantitative estimate of drug-likeness (QED) is 0.723. The van der Waals surface area contributed by atoms with Crippen molar-refractivity contribution in [1.29, 1.82) is 0 Å². The van der Waals surface area contributed by atoms with Gasteiger partial charge in [0.1, 0.15) is 17.9 Å². The summed E-state index contributed by atoms with van der Waals surface area (Å²) in [5.41, 5.74) is -0.808. The minimum atomic E-state index is -0.808. The molecule has 174 valence electrons. The van der Waals surface area contributed by atoms with Crippen molar-refractivity contribution in [1.82, 2.24) is 29.9 Å². The van der Waals surface area contributed by atoms with Gasteiger partial charge < -0.3 is 14.8 Å². The van der Waals surface area contributed by atoms with Crippen LogP contribution < -0.4 is 5.32 Å². The molecule has 3 aliphatic heterocycles. The summed E-state index contributed by atoms with van der Waals surface area (Å²) in [4.78, 5) is 42.2. The fourth-order valence-corrected chi connectivity index (χ4v) is 6.05. The predicted octanol–water partition coefficient (Wildman–Crippen LogP) is 2.56. The van der Waals surface area contributed by atoms with Crippen molar-refractivity contribution in [3.05, 3.63) is 11.6 Å². The fraction of sp³-hybridized carbons (Fsp3) is 0.783. The highest BCUT2D eigenvalue weighted by molar-refractivity contribution is 6.09. The van der Waals surface area contributed by atoms with E-state index in [0.717, 1.165) is 74.5 Å². The Morgan fingerprint density at radius 1 is 1.06 bits per heavy atom.